The molecular formula is C22H24F3NOS. The number of alkyl halides is 3. The minimum absolute atomic E-state index is 0.318. The van der Waals surface area contributed by atoms with Crippen LogP contribution in [-0.4, -0.2) is 43.1 Å². The van der Waals surface area contributed by atoms with E-state index in [1.165, 1.54) is 32.2 Å². The van der Waals surface area contributed by atoms with E-state index in [0.29, 0.717) is 25.6 Å². The zero-order valence-corrected chi connectivity index (χ0v) is 16.5. The first-order chi connectivity index (χ1) is 13.5. The molecule has 2 aromatic rings. The van der Waals surface area contributed by atoms with Gasteiger partial charge < -0.3 is 4.74 Å². The molecular weight excluding hydrogens is 383 g/mol. The molecule has 2 aliphatic rings. The van der Waals surface area contributed by atoms with Gasteiger partial charge in [-0.05, 0) is 73.2 Å². The fourth-order valence-electron chi connectivity index (χ4n) is 3.89. The molecule has 0 radical (unpaired) electrons. The number of halogens is 3. The van der Waals surface area contributed by atoms with Gasteiger partial charge in [0.2, 0.25) is 0 Å². The molecule has 150 valence electrons. The summed E-state index contributed by atoms with van der Waals surface area (Å²) in [7, 11) is 0. The lowest BCUT2D eigenvalue weighted by Gasteiger charge is -2.32. The van der Waals surface area contributed by atoms with Crippen LogP contribution in [0.5, 0.6) is 5.75 Å². The fraction of sp³-hybridized carbons (Fsp3) is 0.455. The molecule has 2 nitrogen and oxygen atoms in total. The predicted octanol–water partition coefficient (Wildman–Crippen LogP) is 5.65. The van der Waals surface area contributed by atoms with Crippen LogP contribution in [0.15, 0.2) is 47.4 Å². The quantitative estimate of drug-likeness (QED) is 0.635. The van der Waals surface area contributed by atoms with Crippen molar-refractivity contribution in [3.8, 4) is 16.9 Å². The molecule has 0 atom stereocenters. The summed E-state index contributed by atoms with van der Waals surface area (Å²) in [4.78, 5) is 2.88. The first-order valence-corrected chi connectivity index (χ1v) is 10.7. The molecule has 0 N–H and O–H groups in total. The van der Waals surface area contributed by atoms with Crippen LogP contribution in [0, 0.1) is 5.92 Å². The Hall–Kier alpha value is -1.66. The molecule has 0 spiro atoms. The molecule has 6 heteroatoms. The average molecular weight is 408 g/mol. The topological polar surface area (TPSA) is 12.5 Å². The number of hydrogen-bond acceptors (Lipinski definition) is 3. The average Bonchev–Trinajstić information content (AvgIpc) is 3.14. The maximum atomic E-state index is 12.5. The van der Waals surface area contributed by atoms with Crippen LogP contribution in [0.1, 0.15) is 18.4 Å². The summed E-state index contributed by atoms with van der Waals surface area (Å²) in [5.41, 5.74) is 3.83. The van der Waals surface area contributed by atoms with E-state index in [1.54, 1.807) is 0 Å². The van der Waals surface area contributed by atoms with Gasteiger partial charge in [-0.1, -0.05) is 24.3 Å². The van der Waals surface area contributed by atoms with Crippen molar-refractivity contribution in [2.24, 2.45) is 5.92 Å². The highest BCUT2D eigenvalue weighted by Gasteiger charge is 2.32. The summed E-state index contributed by atoms with van der Waals surface area (Å²) in [5, 5.41) is 0. The number of likely N-dealkylation sites (tertiary alicyclic amines) is 1. The first kappa shape index (κ1) is 19.6. The van der Waals surface area contributed by atoms with Crippen molar-refractivity contribution in [1.82, 2.24) is 4.90 Å². The number of nitrogens with zero attached hydrogens (tertiary/aromatic N) is 1. The second-order valence-electron chi connectivity index (χ2n) is 7.59. The molecule has 0 aliphatic carbocycles. The Kier molecular flexibility index (Phi) is 5.88. The summed E-state index contributed by atoms with van der Waals surface area (Å²) in [6.07, 6.45) is -1.47. The molecule has 0 unspecified atom stereocenters. The van der Waals surface area contributed by atoms with Crippen molar-refractivity contribution in [2.45, 2.75) is 30.3 Å². The van der Waals surface area contributed by atoms with Gasteiger partial charge in [0.05, 0.1) is 13.2 Å². The number of hydrogen-bond donors (Lipinski definition) is 0. The molecule has 1 fully saturated rings. The van der Waals surface area contributed by atoms with Crippen molar-refractivity contribution in [1.29, 1.82) is 0 Å². The highest BCUT2D eigenvalue weighted by molar-refractivity contribution is 7.99. The molecule has 0 bridgehead atoms. The van der Waals surface area contributed by atoms with Gasteiger partial charge in [-0.25, -0.2) is 0 Å². The van der Waals surface area contributed by atoms with Crippen molar-refractivity contribution in [3.05, 3.63) is 48.0 Å². The fourth-order valence-corrected chi connectivity index (χ4v) is 4.94. The van der Waals surface area contributed by atoms with Crippen LogP contribution in [0.3, 0.4) is 0 Å². The van der Waals surface area contributed by atoms with Crippen LogP contribution in [0.25, 0.3) is 11.1 Å². The molecule has 2 aliphatic heterocycles. The van der Waals surface area contributed by atoms with Crippen molar-refractivity contribution in [3.63, 3.8) is 0 Å². The van der Waals surface area contributed by atoms with E-state index < -0.39 is 12.7 Å². The number of piperidine rings is 1. The molecule has 4 rings (SSSR count). The second-order valence-corrected chi connectivity index (χ2v) is 8.73. The van der Waals surface area contributed by atoms with Crippen molar-refractivity contribution >= 4 is 11.8 Å². The number of aryl methyl sites for hydroxylation is 1. The highest BCUT2D eigenvalue weighted by Crippen LogP contribution is 2.34. The van der Waals surface area contributed by atoms with Gasteiger partial charge in [0.15, 0.2) is 0 Å². The number of thioether (sulfide) groups is 1. The number of benzene rings is 2. The van der Waals surface area contributed by atoms with Gasteiger partial charge in [-0.2, -0.15) is 13.2 Å². The lowest BCUT2D eigenvalue weighted by Crippen LogP contribution is -2.41. The third kappa shape index (κ3) is 5.03. The maximum absolute atomic E-state index is 12.5. The Labute approximate surface area is 168 Å². The van der Waals surface area contributed by atoms with Crippen molar-refractivity contribution in [2.75, 3.05) is 32.0 Å². The van der Waals surface area contributed by atoms with Gasteiger partial charge in [0.25, 0.3) is 0 Å². The Balaban J connectivity index is 1.27. The standard InChI is InChI=1S/C22H24F3NOS/c23-22(24,25)15-26-10-7-16(8-11-26)14-27-20-4-1-17(2-5-20)18-3-6-21-19(13-18)9-12-28-21/h1-6,13,16H,7-12,14-15H2. The molecule has 0 saturated carbocycles. The summed E-state index contributed by atoms with van der Waals surface area (Å²) >= 11 is 1.92. The predicted molar refractivity (Wildman–Crippen MR) is 107 cm³/mol. The number of rotatable bonds is 5. The van der Waals surface area contributed by atoms with Crippen LogP contribution >= 0.6 is 11.8 Å². The van der Waals surface area contributed by atoms with Crippen LogP contribution in [-0.2, 0) is 6.42 Å². The summed E-state index contributed by atoms with van der Waals surface area (Å²) in [6, 6.07) is 14.8. The van der Waals surface area contributed by atoms with E-state index in [-0.39, 0.29) is 0 Å². The van der Waals surface area contributed by atoms with Crippen molar-refractivity contribution < 1.29 is 17.9 Å². The molecule has 2 heterocycles. The minimum Gasteiger partial charge on any atom is -0.493 e. The van der Waals surface area contributed by atoms with E-state index in [1.807, 2.05) is 23.9 Å². The van der Waals surface area contributed by atoms with E-state index in [4.69, 9.17) is 4.74 Å². The van der Waals surface area contributed by atoms with Crippen LogP contribution in [0.4, 0.5) is 13.2 Å². The third-order valence-electron chi connectivity index (χ3n) is 5.47. The number of fused-ring (bicyclic) bond motifs is 1. The zero-order valence-electron chi connectivity index (χ0n) is 15.7. The summed E-state index contributed by atoms with van der Waals surface area (Å²) in [6.45, 7) is 0.741. The minimum atomic E-state index is -4.11. The van der Waals surface area contributed by atoms with Crippen LogP contribution in [0.2, 0.25) is 0 Å². The Morgan fingerprint density at radius 2 is 1.71 bits per heavy atom. The lowest BCUT2D eigenvalue weighted by atomic mass is 9.98. The number of ether oxygens (including phenoxy) is 1. The lowest BCUT2D eigenvalue weighted by molar-refractivity contribution is -0.148. The second kappa shape index (κ2) is 8.37. The van der Waals surface area contributed by atoms with E-state index in [2.05, 4.69) is 30.3 Å². The van der Waals surface area contributed by atoms with Gasteiger partial charge in [0, 0.05) is 10.6 Å². The monoisotopic (exact) mass is 407 g/mol. The highest BCUT2D eigenvalue weighted by atomic mass is 32.2. The molecule has 0 aromatic heterocycles. The first-order valence-electron chi connectivity index (χ1n) is 9.74. The van der Waals surface area contributed by atoms with E-state index in [9.17, 15) is 13.2 Å². The largest absolute Gasteiger partial charge is 0.493 e. The molecule has 0 amide bonds. The normalized spacial score (nSPS) is 18.2. The van der Waals surface area contributed by atoms with Gasteiger partial charge in [-0.15, -0.1) is 11.8 Å². The molecule has 2 aromatic carbocycles. The van der Waals surface area contributed by atoms with Gasteiger partial charge >= 0.3 is 6.18 Å². The smallest absolute Gasteiger partial charge is 0.401 e. The zero-order chi connectivity index (χ0) is 19.6. The Bertz CT molecular complexity index is 798. The maximum Gasteiger partial charge on any atom is 0.401 e. The van der Waals surface area contributed by atoms with Gasteiger partial charge in [-0.3, -0.25) is 4.90 Å². The third-order valence-corrected chi connectivity index (χ3v) is 6.59. The van der Waals surface area contributed by atoms with E-state index >= 15 is 0 Å². The Morgan fingerprint density at radius 1 is 1.00 bits per heavy atom. The summed E-state index contributed by atoms with van der Waals surface area (Å²) < 4.78 is 43.3. The Morgan fingerprint density at radius 3 is 2.43 bits per heavy atom. The van der Waals surface area contributed by atoms with Gasteiger partial charge in [0.1, 0.15) is 5.75 Å². The van der Waals surface area contributed by atoms with E-state index in [0.717, 1.165) is 25.0 Å². The molecule has 1 saturated heterocycles. The SMILES string of the molecule is FC(F)(F)CN1CCC(COc2ccc(-c3ccc4c(c3)CCS4)cc2)CC1. The summed E-state index contributed by atoms with van der Waals surface area (Å²) in [5.74, 6) is 2.30. The van der Waals surface area contributed by atoms with Crippen LogP contribution < -0.4 is 4.74 Å². The molecule has 28 heavy (non-hydrogen) atoms.